The zero-order valence-electron chi connectivity index (χ0n) is 7.23. The van der Waals surface area contributed by atoms with Crippen LogP contribution in [0.15, 0.2) is 11.6 Å². The van der Waals surface area contributed by atoms with Crippen LogP contribution in [0.5, 0.6) is 0 Å². The van der Waals surface area contributed by atoms with Gasteiger partial charge in [0.25, 0.3) is 0 Å². The van der Waals surface area contributed by atoms with Crippen molar-refractivity contribution >= 4 is 5.97 Å². The first-order valence-corrected chi connectivity index (χ1v) is 4.40. The second-order valence-corrected chi connectivity index (χ2v) is 3.55. The average molecular weight is 182 g/mol. The molecular weight excluding hydrogens is 172 g/mol. The van der Waals surface area contributed by atoms with Gasteiger partial charge < -0.3 is 14.2 Å². The van der Waals surface area contributed by atoms with Crippen LogP contribution in [0.2, 0.25) is 0 Å². The van der Waals surface area contributed by atoms with Gasteiger partial charge in [0, 0.05) is 0 Å². The molecule has 70 valence electrons. The van der Waals surface area contributed by atoms with Crippen LogP contribution in [-0.2, 0) is 19.0 Å². The van der Waals surface area contributed by atoms with Crippen molar-refractivity contribution in [2.24, 2.45) is 0 Å². The third-order valence-corrected chi connectivity index (χ3v) is 2.77. The van der Waals surface area contributed by atoms with Crippen LogP contribution >= 0.6 is 0 Å². The zero-order chi connectivity index (χ0) is 9.00. The molecule has 0 amide bonds. The molecule has 2 heterocycles. The molecule has 1 aliphatic carbocycles. The van der Waals surface area contributed by atoms with Gasteiger partial charge in [-0.2, -0.15) is 0 Å². The number of hydrogen-bond donors (Lipinski definition) is 0. The molecule has 0 bridgehead atoms. The molecule has 13 heavy (non-hydrogen) atoms. The van der Waals surface area contributed by atoms with E-state index in [1.807, 2.05) is 6.08 Å². The summed E-state index contributed by atoms with van der Waals surface area (Å²) in [5, 5.41) is 0. The van der Waals surface area contributed by atoms with Gasteiger partial charge in [-0.1, -0.05) is 6.08 Å². The number of esters is 1. The lowest BCUT2D eigenvalue weighted by Crippen LogP contribution is -2.12. The summed E-state index contributed by atoms with van der Waals surface area (Å²) >= 11 is 0. The molecule has 4 atom stereocenters. The Labute approximate surface area is 75.5 Å². The Bertz CT molecular complexity index is 296. The van der Waals surface area contributed by atoms with Crippen molar-refractivity contribution in [3.8, 4) is 0 Å². The van der Waals surface area contributed by atoms with Crippen LogP contribution in [-0.4, -0.2) is 37.5 Å². The molecular formula is C9H10O4. The van der Waals surface area contributed by atoms with E-state index in [0.717, 1.165) is 6.42 Å². The van der Waals surface area contributed by atoms with Gasteiger partial charge in [-0.3, -0.25) is 0 Å². The second-order valence-electron chi connectivity index (χ2n) is 3.55. The molecule has 0 spiro atoms. The zero-order valence-corrected chi connectivity index (χ0v) is 7.23. The van der Waals surface area contributed by atoms with Gasteiger partial charge in [-0.05, 0) is 6.42 Å². The molecule has 4 nitrogen and oxygen atoms in total. The molecule has 4 heteroatoms. The van der Waals surface area contributed by atoms with Crippen molar-refractivity contribution in [2.45, 2.75) is 30.8 Å². The quantitative estimate of drug-likeness (QED) is 0.424. The number of rotatable bonds is 1. The molecule has 0 aromatic carbocycles. The predicted molar refractivity (Wildman–Crippen MR) is 42.0 cm³/mol. The summed E-state index contributed by atoms with van der Waals surface area (Å²) in [4.78, 5) is 11.3. The highest BCUT2D eigenvalue weighted by atomic mass is 16.7. The summed E-state index contributed by atoms with van der Waals surface area (Å²) in [7, 11) is 1.39. The lowest BCUT2D eigenvalue weighted by atomic mass is 10.1. The summed E-state index contributed by atoms with van der Waals surface area (Å²) in [6.45, 7) is 0. The number of carbonyl (C=O) groups excluding carboxylic acids is 1. The molecule has 0 aromatic rings. The van der Waals surface area contributed by atoms with E-state index in [1.54, 1.807) is 0 Å². The molecule has 2 fully saturated rings. The largest absolute Gasteiger partial charge is 0.466 e. The van der Waals surface area contributed by atoms with Gasteiger partial charge in [0.1, 0.15) is 18.3 Å². The minimum Gasteiger partial charge on any atom is -0.466 e. The Morgan fingerprint density at radius 3 is 3.15 bits per heavy atom. The maximum absolute atomic E-state index is 11.3. The van der Waals surface area contributed by atoms with E-state index in [0.29, 0.717) is 5.57 Å². The average Bonchev–Trinajstić information content (AvgIpc) is 2.93. The number of ether oxygens (including phenoxy) is 3. The van der Waals surface area contributed by atoms with Crippen molar-refractivity contribution in [1.82, 2.24) is 0 Å². The van der Waals surface area contributed by atoms with Crippen molar-refractivity contribution in [1.29, 1.82) is 0 Å². The van der Waals surface area contributed by atoms with Crippen LogP contribution in [0.3, 0.4) is 0 Å². The van der Waals surface area contributed by atoms with E-state index >= 15 is 0 Å². The van der Waals surface area contributed by atoms with Gasteiger partial charge in [0.2, 0.25) is 0 Å². The SMILES string of the molecule is COC(=O)C1=CC[C@H]2O[C@H]2[C@H]2O[C@@H]12. The van der Waals surface area contributed by atoms with Crippen molar-refractivity contribution in [3.05, 3.63) is 11.6 Å². The molecule has 2 saturated heterocycles. The smallest absolute Gasteiger partial charge is 0.336 e. The monoisotopic (exact) mass is 182 g/mol. The number of hydrogen-bond acceptors (Lipinski definition) is 4. The molecule has 2 aliphatic heterocycles. The third-order valence-electron chi connectivity index (χ3n) is 2.77. The molecule has 0 saturated carbocycles. The number of fused-ring (bicyclic) bond motifs is 3. The van der Waals surface area contributed by atoms with Gasteiger partial charge in [0.15, 0.2) is 0 Å². The van der Waals surface area contributed by atoms with E-state index in [4.69, 9.17) is 9.47 Å². The summed E-state index contributed by atoms with van der Waals surface area (Å²) in [6, 6.07) is 0. The molecule has 3 aliphatic rings. The fraction of sp³-hybridized carbons (Fsp3) is 0.667. The number of carbonyl (C=O) groups is 1. The summed E-state index contributed by atoms with van der Waals surface area (Å²) in [6.07, 6.45) is 3.24. The summed E-state index contributed by atoms with van der Waals surface area (Å²) < 4.78 is 15.4. The fourth-order valence-corrected chi connectivity index (χ4v) is 1.94. The van der Waals surface area contributed by atoms with E-state index < -0.39 is 0 Å². The van der Waals surface area contributed by atoms with E-state index in [9.17, 15) is 4.79 Å². The Kier molecular flexibility index (Phi) is 1.35. The standard InChI is InChI=1S/C9H10O4/c1-11-9(10)4-2-3-5-7(12-5)8-6(4)13-8/h2,5-8H,3H2,1H3/t5-,6+,7-,8+/m1/s1. The summed E-state index contributed by atoms with van der Waals surface area (Å²) in [5.74, 6) is -0.270. The van der Waals surface area contributed by atoms with Crippen molar-refractivity contribution < 1.29 is 19.0 Å². The second kappa shape index (κ2) is 2.33. The number of epoxide rings is 2. The highest BCUT2D eigenvalue weighted by Crippen LogP contribution is 2.46. The van der Waals surface area contributed by atoms with E-state index in [-0.39, 0.29) is 30.4 Å². The normalized spacial score (nSPS) is 45.2. The molecule has 0 aromatic heterocycles. The molecule has 0 N–H and O–H groups in total. The van der Waals surface area contributed by atoms with Crippen LogP contribution in [0.4, 0.5) is 0 Å². The van der Waals surface area contributed by atoms with Crippen LogP contribution in [0.25, 0.3) is 0 Å². The number of methoxy groups -OCH3 is 1. The van der Waals surface area contributed by atoms with Gasteiger partial charge in [-0.15, -0.1) is 0 Å². The first-order valence-electron chi connectivity index (χ1n) is 4.40. The Morgan fingerprint density at radius 1 is 1.54 bits per heavy atom. The topological polar surface area (TPSA) is 51.4 Å². The third kappa shape index (κ3) is 1.02. The van der Waals surface area contributed by atoms with Crippen molar-refractivity contribution in [3.63, 3.8) is 0 Å². The Balaban J connectivity index is 1.84. The van der Waals surface area contributed by atoms with Crippen LogP contribution in [0.1, 0.15) is 6.42 Å². The highest BCUT2D eigenvalue weighted by molar-refractivity contribution is 5.90. The molecule has 0 radical (unpaired) electrons. The van der Waals surface area contributed by atoms with Crippen LogP contribution in [0, 0.1) is 0 Å². The van der Waals surface area contributed by atoms with E-state index in [2.05, 4.69) is 4.74 Å². The minimum absolute atomic E-state index is 0.0649. The van der Waals surface area contributed by atoms with Gasteiger partial charge in [-0.25, -0.2) is 4.79 Å². The highest BCUT2D eigenvalue weighted by Gasteiger charge is 2.60. The lowest BCUT2D eigenvalue weighted by Gasteiger charge is -2.00. The molecule has 0 unspecified atom stereocenters. The fourth-order valence-electron chi connectivity index (χ4n) is 1.94. The summed E-state index contributed by atoms with van der Waals surface area (Å²) in [5.41, 5.74) is 0.670. The maximum atomic E-state index is 11.3. The maximum Gasteiger partial charge on any atom is 0.336 e. The van der Waals surface area contributed by atoms with Gasteiger partial charge in [0.05, 0.1) is 18.8 Å². The minimum atomic E-state index is -0.270. The molecule has 3 rings (SSSR count). The van der Waals surface area contributed by atoms with Crippen molar-refractivity contribution in [2.75, 3.05) is 7.11 Å². The Hall–Kier alpha value is -0.870. The first kappa shape index (κ1) is 7.53. The predicted octanol–water partition coefficient (Wildman–Crippen LogP) is 0.0243. The van der Waals surface area contributed by atoms with E-state index in [1.165, 1.54) is 7.11 Å². The van der Waals surface area contributed by atoms with Crippen LogP contribution < -0.4 is 0 Å². The first-order chi connectivity index (χ1) is 6.31. The lowest BCUT2D eigenvalue weighted by molar-refractivity contribution is -0.136. The Morgan fingerprint density at radius 2 is 2.38 bits per heavy atom. The van der Waals surface area contributed by atoms with Gasteiger partial charge >= 0.3 is 5.97 Å².